The molecule has 0 fully saturated rings. The van der Waals surface area contributed by atoms with Crippen LogP contribution in [0.25, 0.3) is 11.0 Å². The first kappa shape index (κ1) is 11.0. The molecule has 2 aromatic rings. The molecule has 4 nitrogen and oxygen atoms in total. The Balaban J connectivity index is 0.000000171. The van der Waals surface area contributed by atoms with Gasteiger partial charge in [0.2, 0.25) is 0 Å². The predicted molar refractivity (Wildman–Crippen MR) is 53.6 cm³/mol. The van der Waals surface area contributed by atoms with Gasteiger partial charge in [0, 0.05) is 16.1 Å². The maximum Gasteiger partial charge on any atom is 0.353 e. The van der Waals surface area contributed by atoms with E-state index in [9.17, 15) is 0 Å². The molecule has 0 saturated heterocycles. The molecule has 0 spiro atoms. The Hall–Kier alpha value is -1.04. The van der Waals surface area contributed by atoms with Gasteiger partial charge in [0.05, 0.1) is 6.26 Å². The van der Waals surface area contributed by atoms with E-state index in [-0.39, 0.29) is 0 Å². The minimum atomic E-state index is -4.19. The predicted octanol–water partition coefficient (Wildman–Crippen LogP) is 2.46. The largest absolute Gasteiger partial charge is 0.464 e. The van der Waals surface area contributed by atoms with Crippen molar-refractivity contribution in [2.75, 3.05) is 0 Å². The van der Waals surface area contributed by atoms with Gasteiger partial charge in [-0.3, -0.25) is 4.55 Å². The van der Waals surface area contributed by atoms with Gasteiger partial charge in [-0.15, -0.1) is 0 Å². The number of halogens is 1. The van der Waals surface area contributed by atoms with Gasteiger partial charge in [0.25, 0.3) is 0 Å². The van der Waals surface area contributed by atoms with Gasteiger partial charge < -0.3 is 4.42 Å². The smallest absolute Gasteiger partial charge is 0.353 e. The van der Waals surface area contributed by atoms with E-state index < -0.39 is 9.33 Å². The van der Waals surface area contributed by atoms with Crippen LogP contribution in [0.15, 0.2) is 41.0 Å². The van der Waals surface area contributed by atoms with Crippen LogP contribution in [0.4, 0.5) is 0 Å². The van der Waals surface area contributed by atoms with E-state index in [1.165, 1.54) is 0 Å². The number of benzene rings is 1. The molecular weight excluding hydrogens is 228 g/mol. The van der Waals surface area contributed by atoms with Crippen molar-refractivity contribution in [2.24, 2.45) is 0 Å². The molecule has 0 radical (unpaired) electrons. The number of para-hydroxylation sites is 1. The lowest BCUT2D eigenvalue weighted by Crippen LogP contribution is -1.77. The number of hydrogen-bond acceptors (Lipinski definition) is 3. The van der Waals surface area contributed by atoms with Crippen LogP contribution >= 0.6 is 10.7 Å². The second kappa shape index (κ2) is 4.45. The maximum absolute atomic E-state index is 8.95. The zero-order valence-corrected chi connectivity index (χ0v) is 8.49. The van der Waals surface area contributed by atoms with Crippen LogP contribution < -0.4 is 0 Å². The molecule has 1 aromatic heterocycles. The quantitative estimate of drug-likeness (QED) is 0.562. The molecule has 6 heteroatoms. The fourth-order valence-electron chi connectivity index (χ4n) is 0.906. The summed E-state index contributed by atoms with van der Waals surface area (Å²) in [4.78, 5) is 0. The summed E-state index contributed by atoms with van der Waals surface area (Å²) in [5.41, 5.74) is 0.956. The van der Waals surface area contributed by atoms with Crippen molar-refractivity contribution >= 4 is 31.0 Å². The Morgan fingerprint density at radius 2 is 1.79 bits per heavy atom. The van der Waals surface area contributed by atoms with Crippen LogP contribution in [0.3, 0.4) is 0 Å². The van der Waals surface area contributed by atoms with Crippen molar-refractivity contribution in [3.63, 3.8) is 0 Å². The molecule has 1 heterocycles. The summed E-state index contributed by atoms with van der Waals surface area (Å²) < 4.78 is 30.3. The Labute approximate surface area is 85.3 Å². The highest BCUT2D eigenvalue weighted by molar-refractivity contribution is 8.09. The topological polar surface area (TPSA) is 67.5 Å². The second-order valence-corrected chi connectivity index (χ2v) is 4.36. The van der Waals surface area contributed by atoms with Gasteiger partial charge in [-0.1, -0.05) is 18.2 Å². The molecule has 0 saturated carbocycles. The lowest BCUT2D eigenvalue weighted by atomic mass is 10.3. The number of hydrogen-bond donors (Lipinski definition) is 1. The minimum Gasteiger partial charge on any atom is -0.464 e. The molecule has 14 heavy (non-hydrogen) atoms. The van der Waals surface area contributed by atoms with E-state index in [2.05, 4.69) is 10.7 Å². The van der Waals surface area contributed by atoms with Crippen LogP contribution in [-0.2, 0) is 9.33 Å². The van der Waals surface area contributed by atoms with Gasteiger partial charge in [-0.05, 0) is 12.1 Å². The normalized spacial score (nSPS) is 10.7. The van der Waals surface area contributed by atoms with E-state index in [0.29, 0.717) is 0 Å². The van der Waals surface area contributed by atoms with Gasteiger partial charge in [0.1, 0.15) is 5.58 Å². The van der Waals surface area contributed by atoms with Crippen LogP contribution in [0.2, 0.25) is 0 Å². The Morgan fingerprint density at radius 3 is 2.36 bits per heavy atom. The maximum atomic E-state index is 8.95. The third-order valence-electron chi connectivity index (χ3n) is 1.36. The van der Waals surface area contributed by atoms with Crippen molar-refractivity contribution in [3.8, 4) is 0 Å². The van der Waals surface area contributed by atoms with E-state index in [1.807, 2.05) is 30.3 Å². The Kier molecular flexibility index (Phi) is 3.51. The van der Waals surface area contributed by atoms with Crippen LogP contribution in [0.5, 0.6) is 0 Å². The van der Waals surface area contributed by atoms with E-state index >= 15 is 0 Å². The summed E-state index contributed by atoms with van der Waals surface area (Å²) in [6, 6.07) is 9.90. The van der Waals surface area contributed by atoms with E-state index in [1.54, 1.807) is 6.26 Å². The Morgan fingerprint density at radius 1 is 1.21 bits per heavy atom. The average molecular weight is 235 g/mol. The van der Waals surface area contributed by atoms with Gasteiger partial charge in [-0.2, -0.15) is 8.42 Å². The molecule has 2 rings (SSSR count). The summed E-state index contributed by atoms with van der Waals surface area (Å²) in [6.45, 7) is 0. The monoisotopic (exact) mass is 234 g/mol. The zero-order chi connectivity index (χ0) is 10.6. The highest BCUT2D eigenvalue weighted by atomic mass is 35.7. The molecule has 0 atom stereocenters. The zero-order valence-electron chi connectivity index (χ0n) is 6.92. The highest BCUT2D eigenvalue weighted by Crippen LogP contribution is 2.12. The molecule has 0 amide bonds. The molecular formula is C8H7ClO4S. The van der Waals surface area contributed by atoms with Crippen molar-refractivity contribution in [2.45, 2.75) is 0 Å². The van der Waals surface area contributed by atoms with Gasteiger partial charge in [0.15, 0.2) is 0 Å². The summed E-state index contributed by atoms with van der Waals surface area (Å²) in [6.07, 6.45) is 1.70. The molecule has 0 unspecified atom stereocenters. The first-order valence-corrected chi connectivity index (χ1v) is 5.83. The fraction of sp³-hybridized carbons (Fsp3) is 0. The Bertz CT molecular complexity index is 465. The molecule has 76 valence electrons. The summed E-state index contributed by atoms with van der Waals surface area (Å²) in [5, 5.41) is 1.16. The molecule has 1 N–H and O–H groups in total. The summed E-state index contributed by atoms with van der Waals surface area (Å²) in [5.74, 6) is 0. The van der Waals surface area contributed by atoms with Crippen LogP contribution in [0.1, 0.15) is 0 Å². The molecule has 0 aliphatic carbocycles. The van der Waals surface area contributed by atoms with Gasteiger partial charge in [-0.25, -0.2) is 0 Å². The molecule has 1 aromatic carbocycles. The summed E-state index contributed by atoms with van der Waals surface area (Å²) in [7, 11) is -0.137. The lowest BCUT2D eigenvalue weighted by molar-refractivity contribution is 0.501. The number of fused-ring (bicyclic) bond motifs is 1. The fourth-order valence-corrected chi connectivity index (χ4v) is 0.906. The highest BCUT2D eigenvalue weighted by Gasteiger charge is 1.89. The van der Waals surface area contributed by atoms with Gasteiger partial charge >= 0.3 is 9.33 Å². The molecule has 0 aliphatic rings. The van der Waals surface area contributed by atoms with E-state index in [0.717, 1.165) is 11.0 Å². The average Bonchev–Trinajstić information content (AvgIpc) is 2.47. The molecule has 0 bridgehead atoms. The standard InChI is InChI=1S/C8H6O.ClHO3S/c1-2-4-8-7(3-1)5-6-9-8;1-5(2,3)4/h1-6H;(H,2,3,4). The van der Waals surface area contributed by atoms with Crippen LogP contribution in [0, 0.1) is 0 Å². The second-order valence-electron chi connectivity index (χ2n) is 2.37. The van der Waals surface area contributed by atoms with Crippen molar-refractivity contribution in [3.05, 3.63) is 36.6 Å². The number of rotatable bonds is 0. The first-order valence-electron chi connectivity index (χ1n) is 3.56. The SMILES string of the molecule is O=S(=O)(O)Cl.c1ccc2occc2c1. The van der Waals surface area contributed by atoms with Crippen molar-refractivity contribution in [1.29, 1.82) is 0 Å². The molecule has 0 aliphatic heterocycles. The van der Waals surface area contributed by atoms with Crippen molar-refractivity contribution in [1.82, 2.24) is 0 Å². The van der Waals surface area contributed by atoms with Crippen molar-refractivity contribution < 1.29 is 17.4 Å². The number of furan rings is 1. The minimum absolute atomic E-state index is 0.956. The van der Waals surface area contributed by atoms with Crippen LogP contribution in [-0.4, -0.2) is 13.0 Å². The summed E-state index contributed by atoms with van der Waals surface area (Å²) >= 11 is 0. The first-order chi connectivity index (χ1) is 6.47. The third-order valence-corrected chi connectivity index (χ3v) is 1.36. The lowest BCUT2D eigenvalue weighted by Gasteiger charge is -1.81. The third kappa shape index (κ3) is 4.27. The van der Waals surface area contributed by atoms with E-state index in [4.69, 9.17) is 17.4 Å².